The highest BCUT2D eigenvalue weighted by Crippen LogP contribution is 2.36. The highest BCUT2D eigenvalue weighted by Gasteiger charge is 2.06. The average Bonchev–Trinajstić information content (AvgIpc) is 2.56. The smallest absolute Gasteiger partial charge is 0.150 e. The SMILES string of the molecule is CSc1cc(C=O)cc2sc(Br)cc12. The molecule has 1 nitrogen and oxygen atoms in total. The van der Waals surface area contributed by atoms with Crippen molar-refractivity contribution in [2.45, 2.75) is 4.90 Å². The van der Waals surface area contributed by atoms with Crippen LogP contribution in [-0.2, 0) is 0 Å². The van der Waals surface area contributed by atoms with Crippen LogP contribution in [0.1, 0.15) is 10.4 Å². The Balaban J connectivity index is 2.78. The van der Waals surface area contributed by atoms with E-state index >= 15 is 0 Å². The molecule has 1 heterocycles. The Morgan fingerprint density at radius 3 is 2.86 bits per heavy atom. The van der Waals surface area contributed by atoms with Gasteiger partial charge in [-0.3, -0.25) is 4.79 Å². The molecular formula is C10H7BrOS2. The second kappa shape index (κ2) is 4.04. The van der Waals surface area contributed by atoms with Gasteiger partial charge in [-0.05, 0) is 40.4 Å². The van der Waals surface area contributed by atoms with E-state index < -0.39 is 0 Å². The molecule has 0 spiro atoms. The Kier molecular flexibility index (Phi) is 2.95. The summed E-state index contributed by atoms with van der Waals surface area (Å²) in [5, 5.41) is 1.22. The molecule has 0 amide bonds. The van der Waals surface area contributed by atoms with Crippen LogP contribution >= 0.6 is 39.0 Å². The normalized spacial score (nSPS) is 10.7. The van der Waals surface area contributed by atoms with Crippen molar-refractivity contribution in [2.75, 3.05) is 6.26 Å². The lowest BCUT2D eigenvalue weighted by Crippen LogP contribution is -1.80. The molecule has 2 aromatic rings. The van der Waals surface area contributed by atoms with E-state index in [1.807, 2.05) is 18.4 Å². The molecule has 0 aliphatic carbocycles. The molecule has 72 valence electrons. The Labute approximate surface area is 98.6 Å². The molecule has 0 bridgehead atoms. The number of hydrogen-bond acceptors (Lipinski definition) is 3. The number of benzene rings is 1. The van der Waals surface area contributed by atoms with Crippen molar-refractivity contribution < 1.29 is 4.79 Å². The summed E-state index contributed by atoms with van der Waals surface area (Å²) in [5.41, 5.74) is 0.746. The molecule has 0 atom stereocenters. The van der Waals surface area contributed by atoms with Crippen LogP contribution in [0, 0.1) is 0 Å². The minimum absolute atomic E-state index is 0.746. The van der Waals surface area contributed by atoms with Gasteiger partial charge in [0, 0.05) is 20.5 Å². The zero-order valence-electron chi connectivity index (χ0n) is 7.41. The summed E-state index contributed by atoms with van der Waals surface area (Å²) in [5.74, 6) is 0. The first-order chi connectivity index (χ1) is 6.74. The van der Waals surface area contributed by atoms with Crippen LogP contribution in [0.4, 0.5) is 0 Å². The molecule has 0 fully saturated rings. The zero-order chi connectivity index (χ0) is 10.1. The fourth-order valence-corrected chi connectivity index (χ4v) is 3.65. The number of aldehydes is 1. The van der Waals surface area contributed by atoms with Gasteiger partial charge in [-0.15, -0.1) is 23.1 Å². The molecule has 0 saturated carbocycles. The van der Waals surface area contributed by atoms with Crippen LogP contribution in [0.25, 0.3) is 10.1 Å². The second-order valence-corrected chi connectivity index (χ2v) is 6.11. The molecule has 0 aliphatic rings. The van der Waals surface area contributed by atoms with E-state index in [2.05, 4.69) is 22.0 Å². The van der Waals surface area contributed by atoms with E-state index in [1.165, 1.54) is 5.39 Å². The third kappa shape index (κ3) is 1.74. The number of fused-ring (bicyclic) bond motifs is 1. The van der Waals surface area contributed by atoms with E-state index in [-0.39, 0.29) is 0 Å². The topological polar surface area (TPSA) is 17.1 Å². The fraction of sp³-hybridized carbons (Fsp3) is 0.100. The van der Waals surface area contributed by atoms with Crippen LogP contribution in [0.2, 0.25) is 0 Å². The number of hydrogen-bond donors (Lipinski definition) is 0. The van der Waals surface area contributed by atoms with Crippen molar-refractivity contribution in [3.63, 3.8) is 0 Å². The number of rotatable bonds is 2. The van der Waals surface area contributed by atoms with Gasteiger partial charge >= 0.3 is 0 Å². The Hall–Kier alpha value is -0.320. The van der Waals surface area contributed by atoms with Gasteiger partial charge in [0.25, 0.3) is 0 Å². The predicted molar refractivity (Wildman–Crippen MR) is 66.7 cm³/mol. The molecular weight excluding hydrogens is 280 g/mol. The maximum atomic E-state index is 10.7. The maximum absolute atomic E-state index is 10.7. The van der Waals surface area contributed by atoms with Crippen LogP contribution in [-0.4, -0.2) is 12.5 Å². The van der Waals surface area contributed by atoms with E-state index in [4.69, 9.17) is 0 Å². The van der Waals surface area contributed by atoms with E-state index in [0.29, 0.717) is 0 Å². The van der Waals surface area contributed by atoms with Crippen molar-refractivity contribution in [3.8, 4) is 0 Å². The second-order valence-electron chi connectivity index (χ2n) is 2.80. The summed E-state index contributed by atoms with van der Waals surface area (Å²) in [6, 6.07) is 5.96. The van der Waals surface area contributed by atoms with Crippen molar-refractivity contribution in [1.29, 1.82) is 0 Å². The summed E-state index contributed by atoms with van der Waals surface area (Å²) in [6.07, 6.45) is 2.92. The highest BCUT2D eigenvalue weighted by molar-refractivity contribution is 9.11. The lowest BCUT2D eigenvalue weighted by atomic mass is 10.2. The largest absolute Gasteiger partial charge is 0.298 e. The predicted octanol–water partition coefficient (Wildman–Crippen LogP) is 4.20. The summed E-state index contributed by atoms with van der Waals surface area (Å²) >= 11 is 6.78. The standard InChI is InChI=1S/C10H7BrOS2/c1-13-8-2-6(5-12)3-9-7(8)4-10(11)14-9/h2-5H,1H3. The molecule has 0 unspecified atom stereocenters. The van der Waals surface area contributed by atoms with Gasteiger partial charge in [-0.25, -0.2) is 0 Å². The molecule has 1 aromatic carbocycles. The average molecular weight is 287 g/mol. The molecule has 2 rings (SSSR count). The summed E-state index contributed by atoms with van der Waals surface area (Å²) in [4.78, 5) is 11.9. The van der Waals surface area contributed by atoms with Gasteiger partial charge in [0.2, 0.25) is 0 Å². The minimum Gasteiger partial charge on any atom is -0.298 e. The van der Waals surface area contributed by atoms with Crippen molar-refractivity contribution >= 4 is 55.4 Å². The molecule has 4 heteroatoms. The van der Waals surface area contributed by atoms with Gasteiger partial charge in [0.15, 0.2) is 0 Å². The third-order valence-corrected chi connectivity index (χ3v) is 4.31. The zero-order valence-corrected chi connectivity index (χ0v) is 10.6. The van der Waals surface area contributed by atoms with Gasteiger partial charge in [-0.1, -0.05) is 0 Å². The molecule has 0 saturated heterocycles. The first-order valence-electron chi connectivity index (χ1n) is 3.97. The first kappa shape index (κ1) is 10.2. The third-order valence-electron chi connectivity index (χ3n) is 1.95. The lowest BCUT2D eigenvalue weighted by molar-refractivity contribution is 0.112. The van der Waals surface area contributed by atoms with Gasteiger partial charge in [-0.2, -0.15) is 0 Å². The van der Waals surface area contributed by atoms with Crippen LogP contribution in [0.15, 0.2) is 26.9 Å². The van der Waals surface area contributed by atoms with Gasteiger partial charge in [0.05, 0.1) is 3.79 Å². The summed E-state index contributed by atoms with van der Waals surface area (Å²) < 4.78 is 2.26. The number of thioether (sulfide) groups is 1. The van der Waals surface area contributed by atoms with E-state index in [0.717, 1.165) is 25.2 Å². The highest BCUT2D eigenvalue weighted by atomic mass is 79.9. The molecule has 1 aromatic heterocycles. The lowest BCUT2D eigenvalue weighted by Gasteiger charge is -1.99. The molecule has 0 N–H and O–H groups in total. The Morgan fingerprint density at radius 2 is 2.21 bits per heavy atom. The molecule has 0 radical (unpaired) electrons. The van der Waals surface area contributed by atoms with Crippen LogP contribution < -0.4 is 0 Å². The number of carbonyl (C=O) groups is 1. The van der Waals surface area contributed by atoms with Crippen molar-refractivity contribution in [1.82, 2.24) is 0 Å². The number of thiophene rings is 1. The van der Waals surface area contributed by atoms with E-state index in [9.17, 15) is 4.79 Å². The van der Waals surface area contributed by atoms with Crippen molar-refractivity contribution in [2.24, 2.45) is 0 Å². The van der Waals surface area contributed by atoms with Crippen LogP contribution in [0.3, 0.4) is 0 Å². The van der Waals surface area contributed by atoms with Gasteiger partial charge in [0.1, 0.15) is 6.29 Å². The first-order valence-corrected chi connectivity index (χ1v) is 6.80. The summed E-state index contributed by atoms with van der Waals surface area (Å²) in [6.45, 7) is 0. The quantitative estimate of drug-likeness (QED) is 0.608. The van der Waals surface area contributed by atoms with E-state index in [1.54, 1.807) is 23.1 Å². The van der Waals surface area contributed by atoms with Gasteiger partial charge < -0.3 is 0 Å². The summed E-state index contributed by atoms with van der Waals surface area (Å²) in [7, 11) is 0. The van der Waals surface area contributed by atoms with Crippen LogP contribution in [0.5, 0.6) is 0 Å². The maximum Gasteiger partial charge on any atom is 0.150 e. The molecule has 14 heavy (non-hydrogen) atoms. The number of halogens is 1. The Morgan fingerprint density at radius 1 is 1.43 bits per heavy atom. The minimum atomic E-state index is 0.746. The monoisotopic (exact) mass is 286 g/mol. The Bertz CT molecular complexity index is 490. The molecule has 0 aliphatic heterocycles. The van der Waals surface area contributed by atoms with Crippen molar-refractivity contribution in [3.05, 3.63) is 27.5 Å². The fourth-order valence-electron chi connectivity index (χ4n) is 1.33. The number of carbonyl (C=O) groups excluding carboxylic acids is 1.